The molecule has 1 aliphatic rings. The molecule has 1 aromatic carbocycles. The minimum Gasteiger partial charge on any atom is -0.477 e. The van der Waals surface area contributed by atoms with Gasteiger partial charge in [0, 0.05) is 36.6 Å². The van der Waals surface area contributed by atoms with Crippen LogP contribution in [0.4, 0.5) is 15.9 Å². The molecule has 1 aliphatic carbocycles. The van der Waals surface area contributed by atoms with Gasteiger partial charge in [-0.3, -0.25) is 14.8 Å². The second-order valence-corrected chi connectivity index (χ2v) is 8.17. The van der Waals surface area contributed by atoms with Gasteiger partial charge in [0.2, 0.25) is 5.43 Å². The Balaban J connectivity index is 1.74. The van der Waals surface area contributed by atoms with E-state index in [0.717, 1.165) is 24.5 Å². The van der Waals surface area contributed by atoms with Crippen molar-refractivity contribution < 1.29 is 14.3 Å². The minimum absolute atomic E-state index is 0.0177. The van der Waals surface area contributed by atoms with Gasteiger partial charge in [-0.05, 0) is 42.7 Å². The van der Waals surface area contributed by atoms with Crippen molar-refractivity contribution in [2.75, 3.05) is 4.90 Å². The number of hydrogen-bond donors (Lipinski definition) is 1. The summed E-state index contributed by atoms with van der Waals surface area (Å²) in [4.78, 5) is 38.4. The average Bonchev–Trinajstić information content (AvgIpc) is 3.64. The number of carboxylic acid groups (broad SMARTS) is 1. The number of nitrogens with zero attached hydrogens (tertiary/aromatic N) is 5. The Morgan fingerprint density at radius 1 is 1.21 bits per heavy atom. The Hall–Kier alpha value is -3.85. The topological polar surface area (TPSA) is 101 Å². The van der Waals surface area contributed by atoms with E-state index in [1.54, 1.807) is 40.1 Å². The molecule has 0 amide bonds. The van der Waals surface area contributed by atoms with Gasteiger partial charge in [0.05, 0.1) is 23.6 Å². The molecule has 0 bridgehead atoms. The first-order chi connectivity index (χ1) is 15.9. The maximum Gasteiger partial charge on any atom is 0.341 e. The fraction of sp³-hybridized carbons (Fsp3) is 0.174. The molecular weight excluding hydrogens is 449 g/mol. The molecule has 1 N–H and O–H groups in total. The molecule has 0 radical (unpaired) electrons. The maximum absolute atomic E-state index is 15.5. The van der Waals surface area contributed by atoms with E-state index >= 15 is 4.39 Å². The molecule has 166 valence electrons. The van der Waals surface area contributed by atoms with Crippen LogP contribution in [0.1, 0.15) is 34.8 Å². The highest BCUT2D eigenvalue weighted by atomic mass is 35.5. The van der Waals surface area contributed by atoms with Gasteiger partial charge in [-0.15, -0.1) is 0 Å². The molecule has 10 heteroatoms. The van der Waals surface area contributed by atoms with Crippen LogP contribution in [-0.2, 0) is 6.54 Å². The molecule has 0 atom stereocenters. The number of hydrogen-bond acceptors (Lipinski definition) is 6. The average molecular weight is 466 g/mol. The summed E-state index contributed by atoms with van der Waals surface area (Å²) in [6.07, 6.45) is 9.16. The summed E-state index contributed by atoms with van der Waals surface area (Å²) >= 11 is 6.05. The number of anilines is 2. The second kappa shape index (κ2) is 8.25. The van der Waals surface area contributed by atoms with Crippen molar-refractivity contribution in [1.29, 1.82) is 0 Å². The third kappa shape index (κ3) is 4.03. The molecular formula is C23H17ClFN5O3. The van der Waals surface area contributed by atoms with Gasteiger partial charge < -0.3 is 14.6 Å². The molecule has 0 aliphatic heterocycles. The van der Waals surface area contributed by atoms with Crippen LogP contribution in [0, 0.1) is 5.82 Å². The predicted octanol–water partition coefficient (Wildman–Crippen LogP) is 4.35. The molecule has 0 unspecified atom stereocenters. The number of aromatic carboxylic acids is 1. The highest BCUT2D eigenvalue weighted by Gasteiger charge is 2.28. The number of rotatable bonds is 6. The first-order valence-corrected chi connectivity index (χ1v) is 10.6. The fourth-order valence-electron chi connectivity index (χ4n) is 3.80. The molecule has 4 aromatic rings. The van der Waals surface area contributed by atoms with E-state index in [0.29, 0.717) is 11.3 Å². The highest BCUT2D eigenvalue weighted by molar-refractivity contribution is 6.29. The summed E-state index contributed by atoms with van der Waals surface area (Å²) < 4.78 is 17.2. The van der Waals surface area contributed by atoms with Crippen molar-refractivity contribution in [2.45, 2.75) is 25.4 Å². The highest BCUT2D eigenvalue weighted by Crippen LogP contribution is 2.39. The zero-order valence-electron chi connectivity index (χ0n) is 17.2. The van der Waals surface area contributed by atoms with E-state index in [2.05, 4.69) is 15.0 Å². The Morgan fingerprint density at radius 3 is 2.64 bits per heavy atom. The third-order valence-corrected chi connectivity index (χ3v) is 5.70. The molecule has 0 spiro atoms. The molecule has 33 heavy (non-hydrogen) atoms. The van der Waals surface area contributed by atoms with E-state index < -0.39 is 17.2 Å². The van der Waals surface area contributed by atoms with Crippen LogP contribution in [0.15, 0.2) is 60.0 Å². The number of benzene rings is 1. The van der Waals surface area contributed by atoms with Gasteiger partial charge in [-0.1, -0.05) is 11.6 Å². The Morgan fingerprint density at radius 2 is 1.97 bits per heavy atom. The summed E-state index contributed by atoms with van der Waals surface area (Å²) in [6, 6.07) is 6.30. The Kier molecular flexibility index (Phi) is 5.26. The lowest BCUT2D eigenvalue weighted by Gasteiger charge is -2.25. The van der Waals surface area contributed by atoms with Gasteiger partial charge in [0.1, 0.15) is 16.5 Å². The van der Waals surface area contributed by atoms with Crippen LogP contribution >= 0.6 is 11.6 Å². The molecule has 0 saturated heterocycles. The number of pyridine rings is 2. The first kappa shape index (κ1) is 21.0. The zero-order chi connectivity index (χ0) is 23.1. The fourth-order valence-corrected chi connectivity index (χ4v) is 3.94. The maximum atomic E-state index is 15.5. The summed E-state index contributed by atoms with van der Waals surface area (Å²) in [5.41, 5.74) is 0.359. The lowest BCUT2D eigenvalue weighted by molar-refractivity contribution is 0.0695. The SMILES string of the molecule is O=C(O)c1cn(C2CC2)c2cc(N(Cc3ccncc3)c3cncc(Cl)n3)c(F)cc2c1=O. The number of carbonyl (C=O) groups is 1. The molecule has 1 saturated carbocycles. The van der Waals surface area contributed by atoms with Gasteiger partial charge >= 0.3 is 5.97 Å². The van der Waals surface area contributed by atoms with Gasteiger partial charge in [-0.25, -0.2) is 14.2 Å². The molecule has 5 rings (SSSR count). The van der Waals surface area contributed by atoms with Crippen molar-refractivity contribution in [3.63, 3.8) is 0 Å². The van der Waals surface area contributed by atoms with Crippen LogP contribution in [0.25, 0.3) is 10.9 Å². The van der Waals surface area contributed by atoms with Crippen LogP contribution in [-0.4, -0.2) is 30.6 Å². The summed E-state index contributed by atoms with van der Waals surface area (Å²) in [5.74, 6) is -1.71. The quantitative estimate of drug-likeness (QED) is 0.451. The van der Waals surface area contributed by atoms with E-state index in [4.69, 9.17) is 11.6 Å². The van der Waals surface area contributed by atoms with Crippen molar-refractivity contribution in [3.8, 4) is 0 Å². The second-order valence-electron chi connectivity index (χ2n) is 7.78. The molecule has 3 aromatic heterocycles. The first-order valence-electron chi connectivity index (χ1n) is 10.2. The third-order valence-electron chi connectivity index (χ3n) is 5.52. The van der Waals surface area contributed by atoms with Crippen molar-refractivity contribution in [1.82, 2.24) is 19.5 Å². The van der Waals surface area contributed by atoms with E-state index in [1.807, 2.05) is 0 Å². The molecule has 1 fully saturated rings. The normalized spacial score (nSPS) is 13.3. The summed E-state index contributed by atoms with van der Waals surface area (Å²) in [5, 5.41) is 9.62. The van der Waals surface area contributed by atoms with Crippen LogP contribution in [0.5, 0.6) is 0 Å². The standard InChI is InChI=1S/C23H17ClFN5O3/c24-20-9-27-10-21(28-20)30(11-13-3-5-26-6-4-13)19-8-18-15(7-17(19)25)22(31)16(23(32)33)12-29(18)14-1-2-14/h3-10,12,14H,1-2,11H2,(H,32,33). The lowest BCUT2D eigenvalue weighted by atomic mass is 10.1. The Labute approximate surface area is 191 Å². The monoisotopic (exact) mass is 465 g/mol. The zero-order valence-corrected chi connectivity index (χ0v) is 17.9. The van der Waals surface area contributed by atoms with Gasteiger partial charge in [-0.2, -0.15) is 0 Å². The van der Waals surface area contributed by atoms with Crippen LogP contribution < -0.4 is 10.3 Å². The lowest BCUT2D eigenvalue weighted by Crippen LogP contribution is -2.22. The van der Waals surface area contributed by atoms with Gasteiger partial charge in [0.25, 0.3) is 0 Å². The number of aromatic nitrogens is 4. The summed E-state index contributed by atoms with van der Waals surface area (Å²) in [7, 11) is 0. The van der Waals surface area contributed by atoms with Crippen LogP contribution in [0.3, 0.4) is 0 Å². The summed E-state index contributed by atoms with van der Waals surface area (Å²) in [6.45, 7) is 0.237. The largest absolute Gasteiger partial charge is 0.477 e. The molecule has 8 nitrogen and oxygen atoms in total. The predicted molar refractivity (Wildman–Crippen MR) is 121 cm³/mol. The minimum atomic E-state index is -1.34. The van der Waals surface area contributed by atoms with E-state index in [1.165, 1.54) is 18.6 Å². The Bertz CT molecular complexity index is 1440. The van der Waals surface area contributed by atoms with Crippen LogP contribution in [0.2, 0.25) is 5.15 Å². The van der Waals surface area contributed by atoms with E-state index in [9.17, 15) is 14.7 Å². The smallest absolute Gasteiger partial charge is 0.341 e. The molecule has 3 heterocycles. The van der Waals surface area contributed by atoms with Crippen molar-refractivity contribution in [3.05, 3.63) is 87.6 Å². The number of fused-ring (bicyclic) bond motifs is 1. The number of carboxylic acids is 1. The number of halogens is 2. The van der Waals surface area contributed by atoms with E-state index in [-0.39, 0.29) is 34.4 Å². The van der Waals surface area contributed by atoms with Crippen molar-refractivity contribution >= 4 is 40.0 Å². The van der Waals surface area contributed by atoms with Gasteiger partial charge in [0.15, 0.2) is 5.82 Å². The van der Waals surface area contributed by atoms with Crippen molar-refractivity contribution in [2.24, 2.45) is 0 Å².